The van der Waals surface area contributed by atoms with Crippen LogP contribution in [0, 0.1) is 13.8 Å². The number of benzene rings is 2. The van der Waals surface area contributed by atoms with Crippen LogP contribution in [0.2, 0.25) is 0 Å². The molecule has 0 unspecified atom stereocenters. The van der Waals surface area contributed by atoms with Gasteiger partial charge in [-0.1, -0.05) is 18.2 Å². The van der Waals surface area contributed by atoms with Gasteiger partial charge < -0.3 is 10.1 Å². The first-order chi connectivity index (χ1) is 9.97. The molecule has 0 heterocycles. The Morgan fingerprint density at radius 3 is 2.48 bits per heavy atom. The molecular weight excluding hydrogens is 276 g/mol. The number of carbonyl (C=O) groups is 1. The van der Waals surface area contributed by atoms with Gasteiger partial charge in [0.25, 0.3) is 5.91 Å². The van der Waals surface area contributed by atoms with Crippen molar-refractivity contribution in [2.45, 2.75) is 20.5 Å². The zero-order chi connectivity index (χ0) is 15.4. The number of nitrogens with one attached hydrogen (secondary N) is 1. The van der Waals surface area contributed by atoms with Crippen LogP contribution >= 0.6 is 0 Å². The maximum Gasteiger partial charge on any atom is 0.387 e. The number of halogens is 2. The number of amides is 1. The molecule has 0 fully saturated rings. The molecule has 0 aliphatic heterocycles. The highest BCUT2D eigenvalue weighted by Crippen LogP contribution is 2.26. The number of para-hydroxylation sites is 2. The molecule has 0 saturated carbocycles. The second-order valence-electron chi connectivity index (χ2n) is 4.63. The van der Waals surface area contributed by atoms with E-state index in [1.807, 2.05) is 19.9 Å². The van der Waals surface area contributed by atoms with Gasteiger partial charge in [-0.3, -0.25) is 4.79 Å². The lowest BCUT2D eigenvalue weighted by Gasteiger charge is -2.12. The van der Waals surface area contributed by atoms with Crippen molar-refractivity contribution in [3.63, 3.8) is 0 Å². The molecule has 2 aromatic carbocycles. The number of ether oxygens (including phenoxy) is 1. The van der Waals surface area contributed by atoms with Gasteiger partial charge in [-0.05, 0) is 49.2 Å². The largest absolute Gasteiger partial charge is 0.433 e. The number of hydrogen-bond acceptors (Lipinski definition) is 2. The highest BCUT2D eigenvalue weighted by Gasteiger charge is 2.13. The minimum Gasteiger partial charge on any atom is -0.433 e. The molecule has 5 heteroatoms. The Morgan fingerprint density at radius 1 is 1.10 bits per heavy atom. The molecule has 2 rings (SSSR count). The van der Waals surface area contributed by atoms with Crippen LogP contribution in [0.15, 0.2) is 42.5 Å². The van der Waals surface area contributed by atoms with Crippen molar-refractivity contribution in [1.29, 1.82) is 0 Å². The SMILES string of the molecule is Cc1ccc(C(=O)Nc2ccccc2OC(F)F)cc1C. The summed E-state index contributed by atoms with van der Waals surface area (Å²) in [5, 5.41) is 2.58. The van der Waals surface area contributed by atoms with E-state index >= 15 is 0 Å². The Morgan fingerprint density at radius 2 is 1.81 bits per heavy atom. The van der Waals surface area contributed by atoms with E-state index in [1.54, 1.807) is 24.3 Å². The van der Waals surface area contributed by atoms with Crippen LogP contribution in [0.5, 0.6) is 5.75 Å². The fourth-order valence-corrected chi connectivity index (χ4v) is 1.85. The summed E-state index contributed by atoms with van der Waals surface area (Å²) < 4.78 is 29.0. The van der Waals surface area contributed by atoms with Gasteiger partial charge in [-0.15, -0.1) is 0 Å². The van der Waals surface area contributed by atoms with Crippen LogP contribution in [-0.2, 0) is 0 Å². The minimum atomic E-state index is -2.94. The molecule has 0 atom stereocenters. The third-order valence-corrected chi connectivity index (χ3v) is 3.12. The van der Waals surface area contributed by atoms with Crippen LogP contribution in [-0.4, -0.2) is 12.5 Å². The summed E-state index contributed by atoms with van der Waals surface area (Å²) in [6, 6.07) is 11.4. The number of carbonyl (C=O) groups excluding carboxylic acids is 1. The van der Waals surface area contributed by atoms with E-state index < -0.39 is 6.61 Å². The summed E-state index contributed by atoms with van der Waals surface area (Å²) in [4.78, 5) is 12.2. The van der Waals surface area contributed by atoms with E-state index in [4.69, 9.17) is 0 Å². The number of anilines is 1. The molecular formula is C16H15F2NO2. The zero-order valence-electron chi connectivity index (χ0n) is 11.7. The van der Waals surface area contributed by atoms with Crippen molar-refractivity contribution < 1.29 is 18.3 Å². The van der Waals surface area contributed by atoms with E-state index in [9.17, 15) is 13.6 Å². The summed E-state index contributed by atoms with van der Waals surface area (Å²) in [5.74, 6) is -0.437. The number of rotatable bonds is 4. The van der Waals surface area contributed by atoms with Crippen molar-refractivity contribution in [2.75, 3.05) is 5.32 Å². The van der Waals surface area contributed by atoms with Gasteiger partial charge in [-0.2, -0.15) is 8.78 Å². The molecule has 3 nitrogen and oxygen atoms in total. The average molecular weight is 291 g/mol. The first-order valence-corrected chi connectivity index (χ1v) is 6.40. The fourth-order valence-electron chi connectivity index (χ4n) is 1.85. The van der Waals surface area contributed by atoms with Gasteiger partial charge in [0.15, 0.2) is 0 Å². The highest BCUT2D eigenvalue weighted by molar-refractivity contribution is 6.05. The Bertz CT molecular complexity index is 656. The fraction of sp³-hybridized carbons (Fsp3) is 0.188. The summed E-state index contributed by atoms with van der Waals surface area (Å²) >= 11 is 0. The van der Waals surface area contributed by atoms with E-state index in [0.29, 0.717) is 5.56 Å². The molecule has 2 aromatic rings. The Hall–Kier alpha value is -2.43. The minimum absolute atomic E-state index is 0.0651. The molecule has 0 spiro atoms. The molecule has 1 N–H and O–H groups in total. The first-order valence-electron chi connectivity index (χ1n) is 6.40. The van der Waals surface area contributed by atoms with E-state index in [2.05, 4.69) is 10.1 Å². The van der Waals surface area contributed by atoms with Gasteiger partial charge in [-0.25, -0.2) is 0 Å². The average Bonchev–Trinajstić information content (AvgIpc) is 2.43. The maximum atomic E-state index is 12.3. The lowest BCUT2D eigenvalue weighted by Crippen LogP contribution is -2.14. The first kappa shape index (κ1) is 15.0. The number of hydrogen-bond donors (Lipinski definition) is 1. The standard InChI is InChI=1S/C16H15F2NO2/c1-10-7-8-12(9-11(10)2)15(20)19-13-5-3-4-6-14(13)21-16(17)18/h3-9,16H,1-2H3,(H,19,20). The van der Waals surface area contributed by atoms with E-state index in [1.165, 1.54) is 12.1 Å². The topological polar surface area (TPSA) is 38.3 Å². The Labute approximate surface area is 121 Å². The second kappa shape index (κ2) is 6.35. The molecule has 0 aliphatic rings. The predicted molar refractivity (Wildman–Crippen MR) is 76.9 cm³/mol. The zero-order valence-corrected chi connectivity index (χ0v) is 11.7. The van der Waals surface area contributed by atoms with Crippen molar-refractivity contribution in [1.82, 2.24) is 0 Å². The summed E-state index contributed by atoms with van der Waals surface area (Å²) in [5.41, 5.74) is 2.73. The summed E-state index contributed by atoms with van der Waals surface area (Å²) in [7, 11) is 0. The number of aryl methyl sites for hydroxylation is 2. The molecule has 21 heavy (non-hydrogen) atoms. The van der Waals surface area contributed by atoms with Crippen molar-refractivity contribution in [2.24, 2.45) is 0 Å². The Balaban J connectivity index is 2.21. The normalized spacial score (nSPS) is 10.5. The molecule has 0 bridgehead atoms. The molecule has 0 saturated heterocycles. The highest BCUT2D eigenvalue weighted by atomic mass is 19.3. The molecule has 0 aromatic heterocycles. The van der Waals surface area contributed by atoms with Gasteiger partial charge >= 0.3 is 6.61 Å². The van der Waals surface area contributed by atoms with E-state index in [-0.39, 0.29) is 17.3 Å². The van der Waals surface area contributed by atoms with Crippen molar-refractivity contribution in [3.05, 3.63) is 59.2 Å². The van der Waals surface area contributed by atoms with Gasteiger partial charge in [0.2, 0.25) is 0 Å². The van der Waals surface area contributed by atoms with Crippen molar-refractivity contribution >= 4 is 11.6 Å². The van der Waals surface area contributed by atoms with Gasteiger partial charge in [0, 0.05) is 5.56 Å². The van der Waals surface area contributed by atoms with Gasteiger partial charge in [0.05, 0.1) is 5.69 Å². The van der Waals surface area contributed by atoms with Crippen LogP contribution < -0.4 is 10.1 Å². The lowest BCUT2D eigenvalue weighted by atomic mass is 10.1. The lowest BCUT2D eigenvalue weighted by molar-refractivity contribution is -0.0493. The third kappa shape index (κ3) is 3.78. The smallest absolute Gasteiger partial charge is 0.387 e. The van der Waals surface area contributed by atoms with E-state index in [0.717, 1.165) is 11.1 Å². The predicted octanol–water partition coefficient (Wildman–Crippen LogP) is 4.16. The third-order valence-electron chi connectivity index (χ3n) is 3.12. The monoisotopic (exact) mass is 291 g/mol. The van der Waals surface area contributed by atoms with Crippen LogP contribution in [0.3, 0.4) is 0 Å². The molecule has 1 amide bonds. The molecule has 110 valence electrons. The molecule has 0 radical (unpaired) electrons. The maximum absolute atomic E-state index is 12.3. The second-order valence-corrected chi connectivity index (χ2v) is 4.63. The van der Waals surface area contributed by atoms with Crippen LogP contribution in [0.1, 0.15) is 21.5 Å². The summed E-state index contributed by atoms with van der Waals surface area (Å²) in [6.07, 6.45) is 0. The Kier molecular flexibility index (Phi) is 4.52. The van der Waals surface area contributed by atoms with Crippen LogP contribution in [0.4, 0.5) is 14.5 Å². The quantitative estimate of drug-likeness (QED) is 0.918. The number of alkyl halides is 2. The summed E-state index contributed by atoms with van der Waals surface area (Å²) in [6.45, 7) is 0.910. The van der Waals surface area contributed by atoms with Crippen LogP contribution in [0.25, 0.3) is 0 Å². The van der Waals surface area contributed by atoms with Gasteiger partial charge in [0.1, 0.15) is 5.75 Å². The molecule has 0 aliphatic carbocycles. The van der Waals surface area contributed by atoms with Crippen molar-refractivity contribution in [3.8, 4) is 5.75 Å².